The van der Waals surface area contributed by atoms with Gasteiger partial charge in [0.25, 0.3) is 0 Å². The largest absolute Gasteiger partial charge is 0.495 e. The van der Waals surface area contributed by atoms with Crippen LogP contribution in [0, 0.1) is 5.82 Å². The van der Waals surface area contributed by atoms with Crippen molar-refractivity contribution in [3.63, 3.8) is 0 Å². The molecule has 0 radical (unpaired) electrons. The lowest BCUT2D eigenvalue weighted by Crippen LogP contribution is -2.29. The molecule has 1 heterocycles. The molecule has 0 saturated heterocycles. The normalized spacial score (nSPS) is 10.7. The van der Waals surface area contributed by atoms with Crippen molar-refractivity contribution >= 4 is 28.7 Å². The Morgan fingerprint density at radius 1 is 1.16 bits per heavy atom. The maximum Gasteiger partial charge on any atom is 0.319 e. The van der Waals surface area contributed by atoms with E-state index >= 15 is 0 Å². The average molecular weight is 430 g/mol. The summed E-state index contributed by atoms with van der Waals surface area (Å²) in [6, 6.07) is 8.74. The summed E-state index contributed by atoms with van der Waals surface area (Å²) in [6.07, 6.45) is 2.25. The Labute approximate surface area is 177 Å². The molecule has 0 bridgehead atoms. The summed E-state index contributed by atoms with van der Waals surface area (Å²) in [4.78, 5) is 27.5. The molecule has 9 nitrogen and oxygen atoms in total. The maximum absolute atomic E-state index is 13.4. The first-order valence-electron chi connectivity index (χ1n) is 9.72. The highest BCUT2D eigenvalue weighted by molar-refractivity contribution is 5.92. The summed E-state index contributed by atoms with van der Waals surface area (Å²) in [6.45, 7) is 0.422. The van der Waals surface area contributed by atoms with Gasteiger partial charge in [0.15, 0.2) is 5.58 Å². The maximum atomic E-state index is 13.4. The molecule has 0 aliphatic carbocycles. The first-order valence-corrected chi connectivity index (χ1v) is 9.72. The van der Waals surface area contributed by atoms with Crippen molar-refractivity contribution in [2.45, 2.75) is 25.7 Å². The third-order valence-corrected chi connectivity index (χ3v) is 4.54. The van der Waals surface area contributed by atoms with Gasteiger partial charge in [-0.15, -0.1) is 0 Å². The van der Waals surface area contributed by atoms with E-state index < -0.39 is 17.8 Å². The topological polar surface area (TPSA) is 126 Å². The summed E-state index contributed by atoms with van der Waals surface area (Å²) in [5.74, 6) is -0.0887. The third kappa shape index (κ3) is 5.92. The minimum Gasteiger partial charge on any atom is -0.495 e. The van der Waals surface area contributed by atoms with Crippen LogP contribution in [-0.2, 0) is 4.79 Å². The molecule has 0 aliphatic heterocycles. The van der Waals surface area contributed by atoms with E-state index in [2.05, 4.69) is 15.6 Å². The van der Waals surface area contributed by atoms with Crippen LogP contribution in [0.2, 0.25) is 0 Å². The lowest BCUT2D eigenvalue weighted by molar-refractivity contribution is -0.129. The molecular formula is C21H23FN4O5. The van der Waals surface area contributed by atoms with Crippen LogP contribution in [-0.4, -0.2) is 35.8 Å². The summed E-state index contributed by atoms with van der Waals surface area (Å²) in [7, 11) is 1.49. The number of ether oxygens (including phenoxy) is 1. The number of unbranched alkanes of at least 4 members (excludes halogenated alkanes) is 2. The number of hydrogen-bond donors (Lipinski definition) is 4. The number of carbonyl (C=O) groups is 2. The Morgan fingerprint density at radius 3 is 2.77 bits per heavy atom. The van der Waals surface area contributed by atoms with E-state index in [9.17, 15) is 14.0 Å². The minimum atomic E-state index is -0.429. The van der Waals surface area contributed by atoms with Crippen LogP contribution in [0.5, 0.6) is 5.75 Å². The lowest BCUT2D eigenvalue weighted by Gasteiger charge is -2.12. The number of anilines is 1. The predicted molar refractivity (Wildman–Crippen MR) is 111 cm³/mol. The highest BCUT2D eigenvalue weighted by Crippen LogP contribution is 2.32. The van der Waals surface area contributed by atoms with Crippen molar-refractivity contribution in [2.75, 3.05) is 19.0 Å². The van der Waals surface area contributed by atoms with Crippen molar-refractivity contribution < 1.29 is 28.3 Å². The number of nitrogens with zero attached hydrogens (tertiary/aromatic N) is 1. The van der Waals surface area contributed by atoms with E-state index in [1.165, 1.54) is 25.3 Å². The number of aromatic nitrogens is 1. The standard InChI is InChI=1S/C21H23FN4O5/c1-30-17-8-6-13(20-24-16-12-14(22)7-9-18(16)31-20)11-15(17)25-21(28)23-10-4-2-3-5-19(27)26-29/h6-9,11-12,29H,2-5,10H2,1H3,(H,26,27)(H2,23,25,28). The minimum absolute atomic E-state index is 0.231. The first-order chi connectivity index (χ1) is 15.0. The van der Waals surface area contributed by atoms with Crippen molar-refractivity contribution in [3.05, 3.63) is 42.2 Å². The SMILES string of the molecule is COc1ccc(-c2nc3cc(F)ccc3o2)cc1NC(=O)NCCCCCC(=O)NO. The molecule has 3 rings (SSSR count). The van der Waals surface area contributed by atoms with Crippen LogP contribution in [0.4, 0.5) is 14.9 Å². The fourth-order valence-corrected chi connectivity index (χ4v) is 2.97. The van der Waals surface area contributed by atoms with E-state index in [1.807, 2.05) is 0 Å². The van der Waals surface area contributed by atoms with Gasteiger partial charge in [-0.1, -0.05) is 6.42 Å². The predicted octanol–water partition coefficient (Wildman–Crippen LogP) is 3.83. The van der Waals surface area contributed by atoms with Crippen LogP contribution in [0.1, 0.15) is 25.7 Å². The third-order valence-electron chi connectivity index (χ3n) is 4.54. The molecule has 0 unspecified atom stereocenters. The quantitative estimate of drug-likeness (QED) is 0.232. The van der Waals surface area contributed by atoms with Gasteiger partial charge in [-0.2, -0.15) is 0 Å². The summed E-state index contributed by atoms with van der Waals surface area (Å²) < 4.78 is 24.4. The number of hydroxylamine groups is 1. The Hall–Kier alpha value is -3.66. The smallest absolute Gasteiger partial charge is 0.319 e. The van der Waals surface area contributed by atoms with Gasteiger partial charge in [0, 0.05) is 24.6 Å². The second kappa shape index (κ2) is 10.4. The highest BCUT2D eigenvalue weighted by Gasteiger charge is 2.13. The van der Waals surface area contributed by atoms with Gasteiger partial charge in [-0.25, -0.2) is 19.6 Å². The Balaban J connectivity index is 1.61. The van der Waals surface area contributed by atoms with Crippen LogP contribution in [0.3, 0.4) is 0 Å². The number of methoxy groups -OCH3 is 1. The second-order valence-electron chi connectivity index (χ2n) is 6.77. The van der Waals surface area contributed by atoms with Gasteiger partial charge in [0.2, 0.25) is 11.8 Å². The van der Waals surface area contributed by atoms with Crippen molar-refractivity contribution in [2.24, 2.45) is 0 Å². The number of amides is 3. The van der Waals surface area contributed by atoms with Crippen LogP contribution < -0.4 is 20.9 Å². The number of hydrogen-bond acceptors (Lipinski definition) is 6. The van der Waals surface area contributed by atoms with Crippen LogP contribution in [0.15, 0.2) is 40.8 Å². The number of carbonyl (C=O) groups excluding carboxylic acids is 2. The molecule has 3 aromatic rings. The molecule has 1 aromatic heterocycles. The van der Waals surface area contributed by atoms with Gasteiger partial charge >= 0.3 is 6.03 Å². The molecule has 31 heavy (non-hydrogen) atoms. The second-order valence-corrected chi connectivity index (χ2v) is 6.77. The summed E-state index contributed by atoms with van der Waals surface area (Å²) in [5.41, 5.74) is 3.45. The lowest BCUT2D eigenvalue weighted by atomic mass is 10.2. The Morgan fingerprint density at radius 2 is 2.00 bits per heavy atom. The van der Waals surface area contributed by atoms with Gasteiger partial charge in [0.05, 0.1) is 12.8 Å². The van der Waals surface area contributed by atoms with Crippen LogP contribution >= 0.6 is 0 Å². The Kier molecular flexibility index (Phi) is 7.39. The molecule has 3 amide bonds. The van der Waals surface area contributed by atoms with Gasteiger partial charge < -0.3 is 19.8 Å². The fourth-order valence-electron chi connectivity index (χ4n) is 2.97. The molecule has 0 atom stereocenters. The van der Waals surface area contributed by atoms with Crippen LogP contribution in [0.25, 0.3) is 22.6 Å². The molecule has 0 saturated carbocycles. The van der Waals surface area contributed by atoms with E-state index in [1.54, 1.807) is 23.7 Å². The number of oxazole rings is 1. The van der Waals surface area contributed by atoms with Gasteiger partial charge in [0.1, 0.15) is 17.1 Å². The number of fused-ring (bicyclic) bond motifs is 1. The highest BCUT2D eigenvalue weighted by atomic mass is 19.1. The zero-order valence-electron chi connectivity index (χ0n) is 16.9. The molecule has 0 aliphatic rings. The average Bonchev–Trinajstić information content (AvgIpc) is 3.19. The molecule has 0 fully saturated rings. The molecule has 0 spiro atoms. The molecular weight excluding hydrogens is 407 g/mol. The van der Waals surface area contributed by atoms with E-state index in [4.69, 9.17) is 14.4 Å². The molecule has 164 valence electrons. The molecule has 4 N–H and O–H groups in total. The zero-order valence-corrected chi connectivity index (χ0v) is 16.9. The Bertz CT molecular complexity index is 1070. The van der Waals surface area contributed by atoms with E-state index in [-0.39, 0.29) is 6.42 Å². The number of urea groups is 1. The fraction of sp³-hybridized carbons (Fsp3) is 0.286. The number of halogens is 1. The van der Waals surface area contributed by atoms with Gasteiger partial charge in [-0.05, 0) is 43.2 Å². The number of rotatable bonds is 9. The summed E-state index contributed by atoms with van der Waals surface area (Å²) >= 11 is 0. The van der Waals surface area contributed by atoms with Gasteiger partial charge in [-0.3, -0.25) is 10.0 Å². The molecule has 2 aromatic carbocycles. The van der Waals surface area contributed by atoms with E-state index in [0.717, 1.165) is 6.42 Å². The molecule has 10 heteroatoms. The number of benzene rings is 2. The monoisotopic (exact) mass is 430 g/mol. The number of nitrogens with one attached hydrogen (secondary N) is 3. The zero-order chi connectivity index (χ0) is 22.2. The van der Waals surface area contributed by atoms with Crippen molar-refractivity contribution in [1.82, 2.24) is 15.8 Å². The van der Waals surface area contributed by atoms with Crippen molar-refractivity contribution in [3.8, 4) is 17.2 Å². The first kappa shape index (κ1) is 22.0. The summed E-state index contributed by atoms with van der Waals surface area (Å²) in [5, 5.41) is 13.9. The van der Waals surface area contributed by atoms with Crippen molar-refractivity contribution in [1.29, 1.82) is 0 Å². The van der Waals surface area contributed by atoms with E-state index in [0.29, 0.717) is 53.4 Å².